The Morgan fingerprint density at radius 2 is 2.00 bits per heavy atom. The van der Waals surface area contributed by atoms with Crippen LogP contribution in [0, 0.1) is 11.6 Å². The molecular weight excluding hydrogens is 356 g/mol. The van der Waals surface area contributed by atoms with Gasteiger partial charge in [-0.25, -0.2) is 8.78 Å². The average Bonchev–Trinajstić information content (AvgIpc) is 2.84. The Hall–Kier alpha value is -1.80. The first-order valence-electron chi connectivity index (χ1n) is 5.32. The molecule has 20 heavy (non-hydrogen) atoms. The van der Waals surface area contributed by atoms with Crippen LogP contribution in [0.5, 0.6) is 0 Å². The maximum Gasteiger partial charge on any atom is 0.255 e. The van der Waals surface area contributed by atoms with Crippen LogP contribution in [0.3, 0.4) is 0 Å². The van der Waals surface area contributed by atoms with E-state index in [1.54, 1.807) is 0 Å². The van der Waals surface area contributed by atoms with Crippen molar-refractivity contribution in [2.75, 3.05) is 5.32 Å². The third-order valence-electron chi connectivity index (χ3n) is 2.49. The predicted octanol–water partition coefficient (Wildman–Crippen LogP) is 3.56. The number of hydrogen-bond acceptors (Lipinski definition) is 4. The number of fused-ring (bicyclic) bond motifs is 1. The minimum atomic E-state index is -0.744. The first-order chi connectivity index (χ1) is 9.54. The Balaban J connectivity index is 2.09. The van der Waals surface area contributed by atoms with E-state index in [1.807, 2.05) is 0 Å². The van der Waals surface area contributed by atoms with E-state index in [2.05, 4.69) is 36.3 Å². The molecule has 0 bridgehead atoms. The fourth-order valence-corrected chi connectivity index (χ4v) is 2.15. The van der Waals surface area contributed by atoms with Gasteiger partial charge in [0.15, 0.2) is 0 Å². The number of anilines is 2. The largest absolute Gasteiger partial charge is 0.338 e. The van der Waals surface area contributed by atoms with Crippen LogP contribution in [0.2, 0.25) is 5.15 Å². The minimum Gasteiger partial charge on any atom is -0.338 e. The Bertz CT molecular complexity index is 807. The maximum absolute atomic E-state index is 13.7. The Labute approximate surface area is 124 Å². The van der Waals surface area contributed by atoms with Crippen LogP contribution in [0.1, 0.15) is 0 Å². The second-order valence-electron chi connectivity index (χ2n) is 3.81. The predicted molar refractivity (Wildman–Crippen MR) is 73.1 cm³/mol. The topological polar surface area (TPSA) is 55.1 Å². The second kappa shape index (κ2) is 4.95. The molecule has 2 heterocycles. The summed E-state index contributed by atoms with van der Waals surface area (Å²) >= 11 is 8.84. The summed E-state index contributed by atoms with van der Waals surface area (Å²) in [6.45, 7) is 0. The quantitative estimate of drug-likeness (QED) is 0.561. The molecule has 2 aromatic heterocycles. The lowest BCUT2D eigenvalue weighted by molar-refractivity contribution is 0.581. The summed E-state index contributed by atoms with van der Waals surface area (Å²) in [7, 11) is 0. The van der Waals surface area contributed by atoms with Gasteiger partial charge in [0, 0.05) is 12.1 Å². The molecule has 0 aliphatic carbocycles. The van der Waals surface area contributed by atoms with Crippen molar-refractivity contribution in [1.82, 2.24) is 19.6 Å². The average molecular weight is 361 g/mol. The molecule has 0 saturated carbocycles. The van der Waals surface area contributed by atoms with Gasteiger partial charge in [-0.05, 0) is 22.0 Å². The first-order valence-corrected chi connectivity index (χ1v) is 6.49. The number of rotatable bonds is 2. The number of aromatic nitrogens is 4. The second-order valence-corrected chi connectivity index (χ2v) is 5.05. The van der Waals surface area contributed by atoms with E-state index in [0.717, 1.165) is 6.07 Å². The van der Waals surface area contributed by atoms with E-state index in [0.29, 0.717) is 5.82 Å². The molecule has 0 aliphatic heterocycles. The molecule has 102 valence electrons. The Kier molecular flexibility index (Phi) is 3.27. The van der Waals surface area contributed by atoms with Gasteiger partial charge in [0.05, 0.1) is 10.2 Å². The molecule has 0 amide bonds. The Morgan fingerprint density at radius 3 is 2.80 bits per heavy atom. The smallest absolute Gasteiger partial charge is 0.255 e. The molecule has 3 rings (SSSR count). The highest BCUT2D eigenvalue weighted by atomic mass is 79.9. The normalized spacial score (nSPS) is 11.0. The molecular formula is C11H5BrClF2N5. The Morgan fingerprint density at radius 1 is 1.20 bits per heavy atom. The summed E-state index contributed by atoms with van der Waals surface area (Å²) in [5.74, 6) is -0.810. The molecule has 1 aromatic carbocycles. The number of nitrogens with one attached hydrogen (secondary N) is 1. The van der Waals surface area contributed by atoms with Gasteiger partial charge in [0.25, 0.3) is 5.78 Å². The third-order valence-corrected chi connectivity index (χ3v) is 3.29. The lowest BCUT2D eigenvalue weighted by atomic mass is 10.3. The van der Waals surface area contributed by atoms with Gasteiger partial charge in [0.1, 0.15) is 28.9 Å². The highest BCUT2D eigenvalue weighted by molar-refractivity contribution is 9.10. The van der Waals surface area contributed by atoms with E-state index in [9.17, 15) is 8.78 Å². The molecule has 0 fully saturated rings. The van der Waals surface area contributed by atoms with Gasteiger partial charge < -0.3 is 5.32 Å². The van der Waals surface area contributed by atoms with Crippen LogP contribution >= 0.6 is 27.5 Å². The molecule has 1 N–H and O–H groups in total. The van der Waals surface area contributed by atoms with E-state index in [-0.39, 0.29) is 21.1 Å². The minimum absolute atomic E-state index is 0.0670. The molecule has 5 nitrogen and oxygen atoms in total. The number of benzene rings is 1. The summed E-state index contributed by atoms with van der Waals surface area (Å²) in [5.41, 5.74) is 0.0670. The van der Waals surface area contributed by atoms with E-state index in [4.69, 9.17) is 11.6 Å². The molecule has 0 saturated heterocycles. The van der Waals surface area contributed by atoms with Gasteiger partial charge >= 0.3 is 0 Å². The highest BCUT2D eigenvalue weighted by Gasteiger charge is 2.12. The monoisotopic (exact) mass is 359 g/mol. The highest BCUT2D eigenvalue weighted by Crippen LogP contribution is 2.27. The van der Waals surface area contributed by atoms with Crippen LogP contribution in [-0.2, 0) is 0 Å². The van der Waals surface area contributed by atoms with Crippen LogP contribution in [0.15, 0.2) is 29.0 Å². The molecule has 0 atom stereocenters. The van der Waals surface area contributed by atoms with E-state index in [1.165, 1.54) is 23.0 Å². The van der Waals surface area contributed by atoms with Crippen molar-refractivity contribution in [3.8, 4) is 0 Å². The molecule has 0 spiro atoms. The van der Waals surface area contributed by atoms with Crippen LogP contribution in [-0.4, -0.2) is 19.6 Å². The summed E-state index contributed by atoms with van der Waals surface area (Å²) in [6.07, 6.45) is 1.29. The number of hydrogen-bond donors (Lipinski definition) is 1. The van der Waals surface area contributed by atoms with Crippen molar-refractivity contribution in [1.29, 1.82) is 0 Å². The van der Waals surface area contributed by atoms with E-state index < -0.39 is 11.6 Å². The van der Waals surface area contributed by atoms with Gasteiger partial charge in [0.2, 0.25) is 0 Å². The van der Waals surface area contributed by atoms with Gasteiger partial charge in [-0.1, -0.05) is 11.6 Å². The van der Waals surface area contributed by atoms with E-state index >= 15 is 0 Å². The fraction of sp³-hybridized carbons (Fsp3) is 0. The summed E-state index contributed by atoms with van der Waals surface area (Å²) < 4.78 is 28.4. The van der Waals surface area contributed by atoms with Crippen molar-refractivity contribution in [2.24, 2.45) is 0 Å². The molecule has 0 aliphatic rings. The standard InChI is InChI=1S/C11H5BrClF2N5/c12-5-1-8(7(15)2-6(5)14)18-10-3-9(13)19-11-16-4-17-20(10)11/h1-4,18H. The lowest BCUT2D eigenvalue weighted by Crippen LogP contribution is -2.03. The van der Waals surface area contributed by atoms with Gasteiger partial charge in [-0.3, -0.25) is 0 Å². The molecule has 0 radical (unpaired) electrons. The SMILES string of the molecule is Fc1cc(F)c(Nc2cc(Cl)nc3ncnn23)cc1Br. The van der Waals surface area contributed by atoms with Crippen LogP contribution < -0.4 is 5.32 Å². The van der Waals surface area contributed by atoms with Crippen LogP contribution in [0.25, 0.3) is 5.78 Å². The van der Waals surface area contributed by atoms with Crippen molar-refractivity contribution >= 4 is 44.8 Å². The fourth-order valence-electron chi connectivity index (χ4n) is 1.63. The first kappa shape index (κ1) is 13.2. The van der Waals surface area contributed by atoms with Gasteiger partial charge in [-0.15, -0.1) is 0 Å². The zero-order valence-corrected chi connectivity index (χ0v) is 12.0. The zero-order valence-electron chi connectivity index (χ0n) is 9.61. The summed E-state index contributed by atoms with van der Waals surface area (Å²) in [6, 6.07) is 3.51. The molecule has 9 heteroatoms. The summed E-state index contributed by atoms with van der Waals surface area (Å²) in [5, 5.41) is 6.89. The maximum atomic E-state index is 13.7. The van der Waals surface area contributed by atoms with Crippen molar-refractivity contribution in [3.63, 3.8) is 0 Å². The molecule has 0 unspecified atom stereocenters. The molecule has 3 aromatic rings. The van der Waals surface area contributed by atoms with Gasteiger partial charge in [-0.2, -0.15) is 19.6 Å². The van der Waals surface area contributed by atoms with Crippen molar-refractivity contribution in [2.45, 2.75) is 0 Å². The van der Waals surface area contributed by atoms with Crippen LogP contribution in [0.4, 0.5) is 20.3 Å². The zero-order chi connectivity index (χ0) is 14.3. The number of halogens is 4. The summed E-state index contributed by atoms with van der Waals surface area (Å²) in [4.78, 5) is 7.83. The van der Waals surface area contributed by atoms with Crippen molar-refractivity contribution in [3.05, 3.63) is 45.8 Å². The lowest BCUT2D eigenvalue weighted by Gasteiger charge is -2.10. The third kappa shape index (κ3) is 2.32. The number of nitrogens with zero attached hydrogens (tertiary/aromatic N) is 4. The van der Waals surface area contributed by atoms with Crippen molar-refractivity contribution < 1.29 is 8.78 Å².